The number of rotatable bonds is 4. The zero-order chi connectivity index (χ0) is 20.5. The Morgan fingerprint density at radius 3 is 2.38 bits per heavy atom. The molecule has 0 aromatic heterocycles. The first-order valence-corrected chi connectivity index (χ1v) is 9.52. The van der Waals surface area contributed by atoms with Crippen LogP contribution in [0.15, 0.2) is 48.5 Å². The fourth-order valence-corrected chi connectivity index (χ4v) is 4.09. The normalized spacial score (nSPS) is 21.1. The summed E-state index contributed by atoms with van der Waals surface area (Å²) in [5.41, 5.74) is 2.60. The van der Waals surface area contributed by atoms with Crippen molar-refractivity contribution in [3.8, 4) is 5.75 Å². The number of nitrogens with zero attached hydrogens (tertiary/aromatic N) is 2. The number of fused-ring (bicyclic) bond motifs is 1. The molecule has 0 bridgehead atoms. The van der Waals surface area contributed by atoms with Crippen molar-refractivity contribution in [3.63, 3.8) is 0 Å². The Kier molecular flexibility index (Phi) is 4.96. The molecule has 2 aromatic rings. The van der Waals surface area contributed by atoms with E-state index in [1.807, 2.05) is 24.3 Å². The summed E-state index contributed by atoms with van der Waals surface area (Å²) in [6, 6.07) is 13.7. The average molecular weight is 394 g/mol. The maximum Gasteiger partial charge on any atom is 0.326 e. The van der Waals surface area contributed by atoms with Gasteiger partial charge < -0.3 is 19.6 Å². The van der Waals surface area contributed by atoms with Gasteiger partial charge in [0.1, 0.15) is 11.8 Å². The zero-order valence-corrected chi connectivity index (χ0v) is 16.1. The Balaban J connectivity index is 1.54. The van der Waals surface area contributed by atoms with E-state index >= 15 is 0 Å². The molecule has 2 amide bonds. The highest BCUT2D eigenvalue weighted by Gasteiger charge is 2.42. The van der Waals surface area contributed by atoms with Gasteiger partial charge in [-0.25, -0.2) is 4.79 Å². The average Bonchev–Trinajstić information content (AvgIpc) is 3.13. The van der Waals surface area contributed by atoms with E-state index in [2.05, 4.69) is 0 Å². The smallest absolute Gasteiger partial charge is 0.326 e. The molecule has 0 spiro atoms. The number of aliphatic carboxylic acids is 1. The molecule has 0 saturated carbocycles. The molecule has 7 heteroatoms. The van der Waals surface area contributed by atoms with Crippen LogP contribution in [0.1, 0.15) is 17.5 Å². The van der Waals surface area contributed by atoms with Crippen molar-refractivity contribution in [1.82, 2.24) is 4.90 Å². The Morgan fingerprint density at radius 2 is 1.72 bits per heavy atom. The Labute approximate surface area is 168 Å². The van der Waals surface area contributed by atoms with Crippen LogP contribution < -0.4 is 9.64 Å². The second kappa shape index (κ2) is 7.58. The van der Waals surface area contributed by atoms with Crippen molar-refractivity contribution >= 4 is 23.5 Å². The van der Waals surface area contributed by atoms with Crippen LogP contribution in [-0.2, 0) is 27.3 Å². The second-order valence-corrected chi connectivity index (χ2v) is 7.40. The van der Waals surface area contributed by atoms with Crippen LogP contribution in [0.4, 0.5) is 5.69 Å². The molecule has 29 heavy (non-hydrogen) atoms. The van der Waals surface area contributed by atoms with E-state index in [1.54, 1.807) is 36.3 Å². The van der Waals surface area contributed by atoms with Crippen LogP contribution in [0.3, 0.4) is 0 Å². The second-order valence-electron chi connectivity index (χ2n) is 7.40. The Morgan fingerprint density at radius 1 is 1.03 bits per heavy atom. The summed E-state index contributed by atoms with van der Waals surface area (Å²) in [7, 11) is 1.57. The summed E-state index contributed by atoms with van der Waals surface area (Å²) < 4.78 is 5.14. The summed E-state index contributed by atoms with van der Waals surface area (Å²) in [5.74, 6) is -1.32. The van der Waals surface area contributed by atoms with E-state index in [9.17, 15) is 19.5 Å². The number of benzene rings is 2. The van der Waals surface area contributed by atoms with E-state index in [0.717, 1.165) is 11.1 Å². The summed E-state index contributed by atoms with van der Waals surface area (Å²) >= 11 is 0. The van der Waals surface area contributed by atoms with Crippen molar-refractivity contribution in [2.45, 2.75) is 25.4 Å². The van der Waals surface area contributed by atoms with Crippen molar-refractivity contribution < 1.29 is 24.2 Å². The van der Waals surface area contributed by atoms with Crippen LogP contribution in [0.25, 0.3) is 0 Å². The van der Waals surface area contributed by atoms with Gasteiger partial charge in [0.05, 0.1) is 13.0 Å². The third-order valence-electron chi connectivity index (χ3n) is 5.68. The highest BCUT2D eigenvalue weighted by atomic mass is 16.5. The Bertz CT molecular complexity index is 956. The molecule has 2 aliphatic rings. The summed E-state index contributed by atoms with van der Waals surface area (Å²) in [5, 5.41) is 9.67. The molecule has 4 rings (SSSR count). The van der Waals surface area contributed by atoms with Gasteiger partial charge in [0.25, 0.3) is 0 Å². The molecule has 150 valence electrons. The number of amides is 2. The molecule has 0 aliphatic carbocycles. The molecule has 2 unspecified atom stereocenters. The fraction of sp³-hybridized carbons (Fsp3) is 0.318. The lowest BCUT2D eigenvalue weighted by Gasteiger charge is -2.35. The Hall–Kier alpha value is -3.35. The van der Waals surface area contributed by atoms with Crippen molar-refractivity contribution in [1.29, 1.82) is 0 Å². The molecule has 2 atom stereocenters. The van der Waals surface area contributed by atoms with E-state index in [4.69, 9.17) is 4.74 Å². The highest BCUT2D eigenvalue weighted by Crippen LogP contribution is 2.31. The third-order valence-corrected chi connectivity index (χ3v) is 5.68. The summed E-state index contributed by atoms with van der Waals surface area (Å²) in [4.78, 5) is 40.6. The number of carbonyl (C=O) groups is 3. The van der Waals surface area contributed by atoms with Crippen molar-refractivity contribution in [2.24, 2.45) is 5.92 Å². The number of ether oxygens (including phenoxy) is 1. The van der Waals surface area contributed by atoms with Gasteiger partial charge in [-0.2, -0.15) is 0 Å². The quantitative estimate of drug-likeness (QED) is 0.858. The van der Waals surface area contributed by atoms with Gasteiger partial charge >= 0.3 is 5.97 Å². The lowest BCUT2D eigenvalue weighted by atomic mass is 9.92. The van der Waals surface area contributed by atoms with Gasteiger partial charge in [0, 0.05) is 31.6 Å². The molecule has 2 aliphatic heterocycles. The summed E-state index contributed by atoms with van der Waals surface area (Å²) in [6.45, 7) is 0.494. The SMILES string of the molecule is COc1ccc(N2CC(C(=O)N3Cc4ccccc4CC3C(=O)O)CC2=O)cc1. The number of hydrogen-bond donors (Lipinski definition) is 1. The molecule has 1 N–H and O–H groups in total. The maximum absolute atomic E-state index is 13.2. The predicted octanol–water partition coefficient (Wildman–Crippen LogP) is 2.09. The molecule has 1 saturated heterocycles. The molecular weight excluding hydrogens is 372 g/mol. The van der Waals surface area contributed by atoms with Crippen LogP contribution in [0.2, 0.25) is 0 Å². The van der Waals surface area contributed by atoms with Gasteiger partial charge in [-0.15, -0.1) is 0 Å². The van der Waals surface area contributed by atoms with E-state index in [0.29, 0.717) is 11.4 Å². The van der Waals surface area contributed by atoms with Crippen LogP contribution in [-0.4, -0.2) is 47.5 Å². The number of carboxylic acids is 1. The number of carbonyl (C=O) groups excluding carboxylic acids is 2. The molecule has 2 heterocycles. The lowest BCUT2D eigenvalue weighted by molar-refractivity contribution is -0.153. The van der Waals surface area contributed by atoms with Gasteiger partial charge in [0.2, 0.25) is 11.8 Å². The molecule has 7 nitrogen and oxygen atoms in total. The first-order chi connectivity index (χ1) is 14.0. The van der Waals surface area contributed by atoms with Crippen molar-refractivity contribution in [3.05, 3.63) is 59.7 Å². The first-order valence-electron chi connectivity index (χ1n) is 9.52. The number of methoxy groups -OCH3 is 1. The molecule has 2 aromatic carbocycles. The third kappa shape index (κ3) is 3.55. The zero-order valence-electron chi connectivity index (χ0n) is 16.1. The highest BCUT2D eigenvalue weighted by molar-refractivity contribution is 6.01. The van der Waals surface area contributed by atoms with Gasteiger partial charge in [-0.05, 0) is 35.4 Å². The van der Waals surface area contributed by atoms with E-state index in [-0.39, 0.29) is 37.7 Å². The van der Waals surface area contributed by atoms with Crippen LogP contribution >= 0.6 is 0 Å². The minimum atomic E-state index is -1.02. The standard InChI is InChI=1S/C22H22N2O5/c1-29-18-8-6-17(7-9-18)23-13-16(11-20(23)25)21(26)24-12-15-5-3-2-4-14(15)10-19(24)22(27)28/h2-9,16,19H,10-13H2,1H3,(H,27,28). The number of hydrogen-bond acceptors (Lipinski definition) is 4. The summed E-state index contributed by atoms with van der Waals surface area (Å²) in [6.07, 6.45) is 0.357. The maximum atomic E-state index is 13.2. The molecule has 1 fully saturated rings. The van der Waals surface area contributed by atoms with E-state index in [1.165, 1.54) is 4.90 Å². The molecular formula is C22H22N2O5. The topological polar surface area (TPSA) is 87.2 Å². The van der Waals surface area contributed by atoms with Gasteiger partial charge in [-0.1, -0.05) is 24.3 Å². The number of carboxylic acid groups (broad SMARTS) is 1. The minimum absolute atomic E-state index is 0.0787. The lowest BCUT2D eigenvalue weighted by Crippen LogP contribution is -2.51. The number of anilines is 1. The first kappa shape index (κ1) is 19.0. The van der Waals surface area contributed by atoms with Gasteiger partial charge in [-0.3, -0.25) is 9.59 Å². The van der Waals surface area contributed by atoms with E-state index < -0.39 is 17.9 Å². The van der Waals surface area contributed by atoms with Crippen LogP contribution in [0, 0.1) is 5.92 Å². The fourth-order valence-electron chi connectivity index (χ4n) is 4.09. The van der Waals surface area contributed by atoms with Gasteiger partial charge in [0.15, 0.2) is 0 Å². The molecule has 0 radical (unpaired) electrons. The monoisotopic (exact) mass is 394 g/mol. The van der Waals surface area contributed by atoms with Crippen molar-refractivity contribution in [2.75, 3.05) is 18.6 Å². The van der Waals surface area contributed by atoms with Crippen LogP contribution in [0.5, 0.6) is 5.75 Å². The largest absolute Gasteiger partial charge is 0.497 e. The predicted molar refractivity (Wildman–Crippen MR) is 106 cm³/mol. The minimum Gasteiger partial charge on any atom is -0.497 e.